The third-order valence-corrected chi connectivity index (χ3v) is 6.99. The number of hydrogen-bond donors (Lipinski definition) is 2. The summed E-state index contributed by atoms with van der Waals surface area (Å²) >= 11 is 3.08. The van der Waals surface area contributed by atoms with Crippen molar-refractivity contribution in [2.45, 2.75) is 57.0 Å². The minimum Gasteiger partial charge on any atom is -0.310 e. The van der Waals surface area contributed by atoms with Gasteiger partial charge in [0.05, 0.1) is 0 Å². The smallest absolute Gasteiger partial charge is 0.250 e. The lowest BCUT2D eigenvalue weighted by atomic mass is 10.3. The minimum absolute atomic E-state index is 0.0397. The number of aryl methyl sites for hydroxylation is 1. The molecule has 1 aromatic rings. The van der Waals surface area contributed by atoms with Gasteiger partial charge in [-0.05, 0) is 43.9 Å². The molecule has 0 radical (unpaired) electrons. The Hall–Kier alpha value is -0.0800. The van der Waals surface area contributed by atoms with Gasteiger partial charge in [0.15, 0.2) is 0 Å². The standard InChI is InChI=1S/C14H26N2O2S3/c1-10(2)15-9-13-11(3)8-14(20-13)21(17,18)16-12(4)6-7-19-5/h8,10,12,15-16H,6-7,9H2,1-5H3. The molecule has 1 unspecified atom stereocenters. The molecule has 122 valence electrons. The third-order valence-electron chi connectivity index (χ3n) is 3.05. The van der Waals surface area contributed by atoms with E-state index < -0.39 is 10.0 Å². The molecular formula is C14H26N2O2S3. The quantitative estimate of drug-likeness (QED) is 0.719. The largest absolute Gasteiger partial charge is 0.310 e. The number of nitrogens with one attached hydrogen (secondary N) is 2. The van der Waals surface area contributed by atoms with Crippen LogP contribution in [0.25, 0.3) is 0 Å². The summed E-state index contributed by atoms with van der Waals surface area (Å²) in [5, 5.41) is 3.33. The first-order valence-electron chi connectivity index (χ1n) is 7.10. The van der Waals surface area contributed by atoms with Gasteiger partial charge in [0.25, 0.3) is 0 Å². The molecule has 0 fully saturated rings. The molecule has 4 nitrogen and oxygen atoms in total. The van der Waals surface area contributed by atoms with E-state index in [1.165, 1.54) is 11.3 Å². The maximum atomic E-state index is 12.4. The van der Waals surface area contributed by atoms with Crippen LogP contribution in [0.1, 0.15) is 37.6 Å². The van der Waals surface area contributed by atoms with Crippen LogP contribution in [0.4, 0.5) is 0 Å². The van der Waals surface area contributed by atoms with E-state index >= 15 is 0 Å². The maximum absolute atomic E-state index is 12.4. The SMILES string of the molecule is CSCCC(C)NS(=O)(=O)c1cc(C)c(CNC(C)C)s1. The van der Waals surface area contributed by atoms with Gasteiger partial charge in [0.1, 0.15) is 4.21 Å². The van der Waals surface area contributed by atoms with E-state index in [9.17, 15) is 8.42 Å². The molecule has 0 saturated heterocycles. The number of hydrogen-bond acceptors (Lipinski definition) is 5. The Bertz CT molecular complexity index is 538. The Morgan fingerprint density at radius 1 is 1.33 bits per heavy atom. The Kier molecular flexibility index (Phi) is 7.70. The van der Waals surface area contributed by atoms with Crippen molar-refractivity contribution in [3.63, 3.8) is 0 Å². The number of thiophene rings is 1. The highest BCUT2D eigenvalue weighted by Gasteiger charge is 2.21. The summed E-state index contributed by atoms with van der Waals surface area (Å²) in [7, 11) is -3.40. The molecule has 0 spiro atoms. The molecule has 0 amide bonds. The molecule has 21 heavy (non-hydrogen) atoms. The summed E-state index contributed by atoms with van der Waals surface area (Å²) < 4.78 is 27.9. The molecule has 1 aromatic heterocycles. The van der Waals surface area contributed by atoms with Crippen molar-refractivity contribution in [2.75, 3.05) is 12.0 Å². The highest BCUT2D eigenvalue weighted by molar-refractivity contribution is 7.98. The predicted octanol–water partition coefficient (Wildman–Crippen LogP) is 2.97. The van der Waals surface area contributed by atoms with Gasteiger partial charge >= 0.3 is 0 Å². The lowest BCUT2D eigenvalue weighted by molar-refractivity contribution is 0.559. The van der Waals surface area contributed by atoms with Crippen LogP contribution in [-0.2, 0) is 16.6 Å². The van der Waals surface area contributed by atoms with E-state index in [1.54, 1.807) is 17.8 Å². The average Bonchev–Trinajstić information content (AvgIpc) is 2.75. The monoisotopic (exact) mass is 350 g/mol. The summed E-state index contributed by atoms with van der Waals surface area (Å²) in [4.78, 5) is 1.08. The van der Waals surface area contributed by atoms with Crippen LogP contribution in [-0.4, -0.2) is 32.5 Å². The van der Waals surface area contributed by atoms with Gasteiger partial charge in [-0.25, -0.2) is 13.1 Å². The van der Waals surface area contributed by atoms with E-state index in [4.69, 9.17) is 0 Å². The molecule has 0 bridgehead atoms. The van der Waals surface area contributed by atoms with Crippen LogP contribution in [0.2, 0.25) is 0 Å². The second-order valence-corrected chi connectivity index (χ2v) is 9.57. The van der Waals surface area contributed by atoms with Gasteiger partial charge in [-0.2, -0.15) is 11.8 Å². The molecule has 1 rings (SSSR count). The van der Waals surface area contributed by atoms with Crippen LogP contribution in [0.5, 0.6) is 0 Å². The van der Waals surface area contributed by atoms with Crippen molar-refractivity contribution < 1.29 is 8.42 Å². The molecule has 0 saturated carbocycles. The first-order valence-corrected chi connectivity index (χ1v) is 10.8. The Morgan fingerprint density at radius 3 is 2.57 bits per heavy atom. The van der Waals surface area contributed by atoms with Crippen LogP contribution in [0.3, 0.4) is 0 Å². The molecule has 1 heterocycles. The Balaban J connectivity index is 2.77. The fourth-order valence-corrected chi connectivity index (χ4v) is 5.19. The van der Waals surface area contributed by atoms with Crippen molar-refractivity contribution in [3.8, 4) is 0 Å². The normalized spacial score (nSPS) is 13.8. The van der Waals surface area contributed by atoms with Gasteiger partial charge in [0.2, 0.25) is 10.0 Å². The van der Waals surface area contributed by atoms with E-state index in [0.29, 0.717) is 16.8 Å². The highest BCUT2D eigenvalue weighted by atomic mass is 32.2. The van der Waals surface area contributed by atoms with Crippen LogP contribution >= 0.6 is 23.1 Å². The number of sulfonamides is 1. The lowest BCUT2D eigenvalue weighted by Gasteiger charge is -2.12. The molecule has 0 aliphatic rings. The summed E-state index contributed by atoms with van der Waals surface area (Å²) in [5.41, 5.74) is 1.03. The second kappa shape index (κ2) is 8.53. The van der Waals surface area contributed by atoms with Gasteiger partial charge in [0, 0.05) is 23.5 Å². The zero-order valence-electron chi connectivity index (χ0n) is 13.4. The predicted molar refractivity (Wildman–Crippen MR) is 93.8 cm³/mol. The van der Waals surface area contributed by atoms with Gasteiger partial charge in [-0.1, -0.05) is 13.8 Å². The second-order valence-electron chi connectivity index (χ2n) is 5.51. The minimum atomic E-state index is -3.40. The molecule has 0 aromatic carbocycles. The van der Waals surface area contributed by atoms with Crippen LogP contribution < -0.4 is 10.0 Å². The zero-order chi connectivity index (χ0) is 16.0. The van der Waals surface area contributed by atoms with E-state index in [2.05, 4.69) is 23.9 Å². The summed E-state index contributed by atoms with van der Waals surface area (Å²) in [6, 6.07) is 2.12. The fraction of sp³-hybridized carbons (Fsp3) is 0.714. The molecule has 0 aliphatic carbocycles. The number of rotatable bonds is 9. The topological polar surface area (TPSA) is 58.2 Å². The zero-order valence-corrected chi connectivity index (χ0v) is 15.8. The van der Waals surface area contributed by atoms with Crippen molar-refractivity contribution in [1.29, 1.82) is 0 Å². The molecular weight excluding hydrogens is 324 g/mol. The van der Waals surface area contributed by atoms with Gasteiger partial charge in [-0.3, -0.25) is 0 Å². The third kappa shape index (κ3) is 6.28. The van der Waals surface area contributed by atoms with Gasteiger partial charge in [-0.15, -0.1) is 11.3 Å². The molecule has 2 N–H and O–H groups in total. The van der Waals surface area contributed by atoms with E-state index in [-0.39, 0.29) is 6.04 Å². The van der Waals surface area contributed by atoms with Crippen LogP contribution in [0.15, 0.2) is 10.3 Å². The van der Waals surface area contributed by atoms with Crippen molar-refractivity contribution in [1.82, 2.24) is 10.0 Å². The van der Waals surface area contributed by atoms with E-state index in [0.717, 1.165) is 22.6 Å². The molecule has 1 atom stereocenters. The average molecular weight is 351 g/mol. The lowest BCUT2D eigenvalue weighted by Crippen LogP contribution is -2.32. The maximum Gasteiger partial charge on any atom is 0.250 e. The Morgan fingerprint density at radius 2 is 2.00 bits per heavy atom. The first kappa shape index (κ1) is 19.0. The Labute approximate surface area is 137 Å². The van der Waals surface area contributed by atoms with E-state index in [1.807, 2.05) is 20.1 Å². The highest BCUT2D eigenvalue weighted by Crippen LogP contribution is 2.26. The summed E-state index contributed by atoms with van der Waals surface area (Å²) in [6.07, 6.45) is 2.87. The number of thioether (sulfide) groups is 1. The first-order chi connectivity index (χ1) is 9.76. The fourth-order valence-electron chi connectivity index (χ4n) is 1.77. The van der Waals surface area contributed by atoms with Gasteiger partial charge < -0.3 is 5.32 Å². The van der Waals surface area contributed by atoms with Crippen molar-refractivity contribution in [2.24, 2.45) is 0 Å². The molecule has 0 aliphatic heterocycles. The summed E-state index contributed by atoms with van der Waals surface area (Å²) in [6.45, 7) is 8.75. The summed E-state index contributed by atoms with van der Waals surface area (Å²) in [5.74, 6) is 0.955. The van der Waals surface area contributed by atoms with Crippen molar-refractivity contribution >= 4 is 33.1 Å². The van der Waals surface area contributed by atoms with Crippen molar-refractivity contribution in [3.05, 3.63) is 16.5 Å². The van der Waals surface area contributed by atoms with Crippen LogP contribution in [0, 0.1) is 6.92 Å². The molecule has 7 heteroatoms.